The van der Waals surface area contributed by atoms with Gasteiger partial charge in [-0.05, 0) is 17.7 Å². The third kappa shape index (κ3) is 3.37. The Hall–Kier alpha value is -0.780. The van der Waals surface area contributed by atoms with E-state index in [2.05, 4.69) is 0 Å². The van der Waals surface area contributed by atoms with E-state index in [4.69, 9.17) is 17.3 Å². The second kappa shape index (κ2) is 5.03. The zero-order valence-electron chi connectivity index (χ0n) is 8.26. The van der Waals surface area contributed by atoms with E-state index in [1.165, 1.54) is 12.1 Å². The molecule has 2 nitrogen and oxygen atoms in total. The minimum Gasteiger partial charge on any atom is -0.391 e. The summed E-state index contributed by atoms with van der Waals surface area (Å²) < 4.78 is 37.8. The van der Waals surface area contributed by atoms with Crippen molar-refractivity contribution in [3.63, 3.8) is 0 Å². The van der Waals surface area contributed by atoms with E-state index in [0.29, 0.717) is 0 Å². The molecule has 1 rings (SSSR count). The van der Waals surface area contributed by atoms with Crippen LogP contribution in [0.3, 0.4) is 0 Å². The molecule has 0 aliphatic heterocycles. The average Bonchev–Trinajstić information content (AvgIpc) is 2.19. The van der Waals surface area contributed by atoms with Crippen LogP contribution in [-0.2, 0) is 12.6 Å². The predicted molar refractivity (Wildman–Crippen MR) is 55.2 cm³/mol. The average molecular weight is 254 g/mol. The predicted octanol–water partition coefficient (Wildman–Crippen LogP) is 2.22. The molecular formula is C10H11ClF3NO. The van der Waals surface area contributed by atoms with Gasteiger partial charge in [-0.1, -0.05) is 17.7 Å². The molecule has 0 aliphatic carbocycles. The van der Waals surface area contributed by atoms with Crippen LogP contribution < -0.4 is 5.73 Å². The van der Waals surface area contributed by atoms with Crippen molar-refractivity contribution in [3.8, 4) is 0 Å². The topological polar surface area (TPSA) is 46.2 Å². The van der Waals surface area contributed by atoms with Crippen LogP contribution in [0.5, 0.6) is 0 Å². The standard InChI is InChI=1S/C10H11ClF3NO/c11-7-2-1-6(3-8(16)5-15)9(4-7)10(12,13)14/h1-2,4,8,16H,3,5,15H2. The van der Waals surface area contributed by atoms with Crippen LogP contribution in [0.25, 0.3) is 0 Å². The highest BCUT2D eigenvalue weighted by molar-refractivity contribution is 6.30. The van der Waals surface area contributed by atoms with Crippen molar-refractivity contribution in [1.82, 2.24) is 0 Å². The minimum absolute atomic E-state index is 0.00477. The SMILES string of the molecule is NCC(O)Cc1ccc(Cl)cc1C(F)(F)F. The molecule has 0 saturated heterocycles. The van der Waals surface area contributed by atoms with Gasteiger partial charge in [0.2, 0.25) is 0 Å². The second-order valence-electron chi connectivity index (χ2n) is 3.39. The maximum absolute atomic E-state index is 12.6. The molecule has 0 aromatic heterocycles. The Morgan fingerprint density at radius 1 is 1.38 bits per heavy atom. The third-order valence-electron chi connectivity index (χ3n) is 2.10. The summed E-state index contributed by atoms with van der Waals surface area (Å²) >= 11 is 5.51. The molecule has 16 heavy (non-hydrogen) atoms. The van der Waals surface area contributed by atoms with Crippen LogP contribution in [-0.4, -0.2) is 17.8 Å². The van der Waals surface area contributed by atoms with E-state index < -0.39 is 17.8 Å². The van der Waals surface area contributed by atoms with Gasteiger partial charge in [-0.15, -0.1) is 0 Å². The molecule has 0 bridgehead atoms. The van der Waals surface area contributed by atoms with Gasteiger partial charge >= 0.3 is 6.18 Å². The summed E-state index contributed by atoms with van der Waals surface area (Å²) in [6.45, 7) is -0.0834. The summed E-state index contributed by atoms with van der Waals surface area (Å²) in [4.78, 5) is 0. The van der Waals surface area contributed by atoms with E-state index in [0.717, 1.165) is 6.07 Å². The molecule has 0 aliphatic rings. The van der Waals surface area contributed by atoms with Gasteiger partial charge in [0, 0.05) is 18.0 Å². The lowest BCUT2D eigenvalue weighted by atomic mass is 10.0. The normalized spacial score (nSPS) is 13.9. The van der Waals surface area contributed by atoms with Crippen molar-refractivity contribution < 1.29 is 18.3 Å². The molecule has 3 N–H and O–H groups in total. The van der Waals surface area contributed by atoms with Crippen molar-refractivity contribution >= 4 is 11.6 Å². The summed E-state index contributed by atoms with van der Waals surface area (Å²) in [6.07, 6.45) is -5.60. The molecule has 0 radical (unpaired) electrons. The first-order valence-electron chi connectivity index (χ1n) is 4.58. The first-order valence-corrected chi connectivity index (χ1v) is 4.96. The molecule has 0 amide bonds. The highest BCUT2D eigenvalue weighted by Crippen LogP contribution is 2.34. The van der Waals surface area contributed by atoms with Gasteiger partial charge in [-0.3, -0.25) is 0 Å². The van der Waals surface area contributed by atoms with Crippen molar-refractivity contribution in [1.29, 1.82) is 0 Å². The molecule has 90 valence electrons. The van der Waals surface area contributed by atoms with E-state index in [1.807, 2.05) is 0 Å². The first kappa shape index (κ1) is 13.3. The summed E-state index contributed by atoms with van der Waals surface area (Å²) in [5.41, 5.74) is 4.32. The Balaban J connectivity index is 3.08. The van der Waals surface area contributed by atoms with Crippen LogP contribution in [0.15, 0.2) is 18.2 Å². The van der Waals surface area contributed by atoms with E-state index in [9.17, 15) is 18.3 Å². The highest BCUT2D eigenvalue weighted by atomic mass is 35.5. The summed E-state index contributed by atoms with van der Waals surface area (Å²) in [5, 5.41) is 9.26. The number of hydrogen-bond donors (Lipinski definition) is 2. The Bertz CT molecular complexity index is 368. The third-order valence-corrected chi connectivity index (χ3v) is 2.34. The minimum atomic E-state index is -4.48. The number of hydrogen-bond acceptors (Lipinski definition) is 2. The Morgan fingerprint density at radius 3 is 2.50 bits per heavy atom. The van der Waals surface area contributed by atoms with Crippen molar-refractivity contribution in [2.45, 2.75) is 18.7 Å². The Morgan fingerprint density at radius 2 is 2.00 bits per heavy atom. The molecule has 0 saturated carbocycles. The van der Waals surface area contributed by atoms with Crippen molar-refractivity contribution in [2.24, 2.45) is 5.73 Å². The highest BCUT2D eigenvalue weighted by Gasteiger charge is 2.33. The molecular weight excluding hydrogens is 243 g/mol. The number of aliphatic hydroxyl groups is 1. The molecule has 1 atom stereocenters. The maximum atomic E-state index is 12.6. The van der Waals surface area contributed by atoms with Gasteiger partial charge in [-0.2, -0.15) is 13.2 Å². The quantitative estimate of drug-likeness (QED) is 0.868. The van der Waals surface area contributed by atoms with Crippen LogP contribution >= 0.6 is 11.6 Å². The van der Waals surface area contributed by atoms with E-state index >= 15 is 0 Å². The van der Waals surface area contributed by atoms with Crippen LogP contribution in [0.1, 0.15) is 11.1 Å². The van der Waals surface area contributed by atoms with Crippen molar-refractivity contribution in [2.75, 3.05) is 6.54 Å². The summed E-state index contributed by atoms with van der Waals surface area (Å²) in [5.74, 6) is 0. The lowest BCUT2D eigenvalue weighted by Gasteiger charge is -2.15. The molecule has 0 spiro atoms. The van der Waals surface area contributed by atoms with Gasteiger partial charge in [0.25, 0.3) is 0 Å². The largest absolute Gasteiger partial charge is 0.416 e. The van der Waals surface area contributed by atoms with Gasteiger partial charge in [0.15, 0.2) is 0 Å². The van der Waals surface area contributed by atoms with Gasteiger partial charge in [0.1, 0.15) is 0 Å². The number of halogens is 4. The van der Waals surface area contributed by atoms with E-state index in [1.54, 1.807) is 0 Å². The van der Waals surface area contributed by atoms with E-state index in [-0.39, 0.29) is 23.6 Å². The van der Waals surface area contributed by atoms with Crippen molar-refractivity contribution in [3.05, 3.63) is 34.3 Å². The number of aliphatic hydroxyl groups excluding tert-OH is 1. The van der Waals surface area contributed by atoms with Gasteiger partial charge in [-0.25, -0.2) is 0 Å². The fourth-order valence-electron chi connectivity index (χ4n) is 1.33. The lowest BCUT2D eigenvalue weighted by molar-refractivity contribution is -0.138. The smallest absolute Gasteiger partial charge is 0.391 e. The van der Waals surface area contributed by atoms with Gasteiger partial charge < -0.3 is 10.8 Å². The lowest BCUT2D eigenvalue weighted by Crippen LogP contribution is -2.23. The molecule has 0 fully saturated rings. The maximum Gasteiger partial charge on any atom is 0.416 e. The Kier molecular flexibility index (Phi) is 4.18. The van der Waals surface area contributed by atoms with Gasteiger partial charge in [0.05, 0.1) is 11.7 Å². The fraction of sp³-hybridized carbons (Fsp3) is 0.400. The number of benzene rings is 1. The molecule has 1 aromatic carbocycles. The first-order chi connectivity index (χ1) is 7.34. The molecule has 6 heteroatoms. The molecule has 0 heterocycles. The Labute approximate surface area is 95.8 Å². The zero-order valence-corrected chi connectivity index (χ0v) is 9.02. The molecule has 1 unspecified atom stereocenters. The molecule has 1 aromatic rings. The van der Waals surface area contributed by atoms with Crippen LogP contribution in [0.4, 0.5) is 13.2 Å². The fourth-order valence-corrected chi connectivity index (χ4v) is 1.50. The number of alkyl halides is 3. The zero-order chi connectivity index (χ0) is 12.3. The van der Waals surface area contributed by atoms with Crippen LogP contribution in [0, 0.1) is 0 Å². The van der Waals surface area contributed by atoms with Crippen LogP contribution in [0.2, 0.25) is 5.02 Å². The monoisotopic (exact) mass is 253 g/mol. The number of nitrogens with two attached hydrogens (primary N) is 1. The summed E-state index contributed by atoms with van der Waals surface area (Å²) in [6, 6.07) is 3.46. The second-order valence-corrected chi connectivity index (χ2v) is 3.83. The summed E-state index contributed by atoms with van der Waals surface area (Å²) in [7, 11) is 0. The number of rotatable bonds is 3.